The second kappa shape index (κ2) is 6.92. The fourth-order valence-electron chi connectivity index (χ4n) is 5.88. The van der Waals surface area contributed by atoms with E-state index in [0.717, 1.165) is 45.2 Å². The van der Waals surface area contributed by atoms with Gasteiger partial charge in [0, 0.05) is 37.4 Å². The Bertz CT molecular complexity index is 832. The molecule has 5 aliphatic rings. The molecule has 3 aliphatic carbocycles. The highest BCUT2D eigenvalue weighted by Crippen LogP contribution is 2.53. The highest BCUT2D eigenvalue weighted by molar-refractivity contribution is 5.98. The van der Waals surface area contributed by atoms with Crippen molar-refractivity contribution in [3.63, 3.8) is 0 Å². The second-order valence-corrected chi connectivity index (χ2v) is 9.40. The molecule has 2 aliphatic heterocycles. The number of carbonyl (C=O) groups is 2. The average molecular weight is 399 g/mol. The lowest BCUT2D eigenvalue weighted by molar-refractivity contribution is -0.156. The zero-order chi connectivity index (χ0) is 20.2. The van der Waals surface area contributed by atoms with Crippen molar-refractivity contribution in [1.29, 1.82) is 0 Å². The number of piperidine rings is 1. The molecular weight excluding hydrogens is 368 g/mol. The van der Waals surface area contributed by atoms with Gasteiger partial charge in [0.05, 0.1) is 12.7 Å². The fourth-order valence-corrected chi connectivity index (χ4v) is 5.88. The number of likely N-dealkylation sites (tertiary alicyclic amines) is 1. The van der Waals surface area contributed by atoms with Crippen LogP contribution in [0.4, 0.5) is 0 Å². The first-order valence-corrected chi connectivity index (χ1v) is 11.0. The van der Waals surface area contributed by atoms with Crippen molar-refractivity contribution in [2.24, 2.45) is 23.7 Å². The van der Waals surface area contributed by atoms with Gasteiger partial charge in [-0.15, -0.1) is 0 Å². The third-order valence-corrected chi connectivity index (χ3v) is 7.68. The van der Waals surface area contributed by atoms with Gasteiger partial charge in [0.25, 0.3) is 5.91 Å². The zero-order valence-corrected chi connectivity index (χ0v) is 17.3. The van der Waals surface area contributed by atoms with Gasteiger partial charge in [-0.2, -0.15) is 0 Å². The summed E-state index contributed by atoms with van der Waals surface area (Å²) in [5.41, 5.74) is -0.139. The molecule has 29 heavy (non-hydrogen) atoms. The molecule has 156 valence electrons. The number of fused-ring (bicyclic) bond motifs is 3. The normalized spacial score (nSPS) is 33.8. The summed E-state index contributed by atoms with van der Waals surface area (Å²) < 4.78 is 11.8. The van der Waals surface area contributed by atoms with E-state index in [1.807, 2.05) is 0 Å². The lowest BCUT2D eigenvalue weighted by Crippen LogP contribution is -2.67. The number of methoxy groups -OCH3 is 1. The summed E-state index contributed by atoms with van der Waals surface area (Å²) in [5, 5.41) is 3.17. The maximum atomic E-state index is 13.2. The van der Waals surface area contributed by atoms with Gasteiger partial charge >= 0.3 is 0 Å². The van der Waals surface area contributed by atoms with E-state index in [9.17, 15) is 9.59 Å². The SMILES string of the molecule is COc1ccc2c(c1)O[C@@]1(C[C@H]3CC[C@H]1C[C@@H]3C(=O)N1CCC(C)CC1)NC2=O. The van der Waals surface area contributed by atoms with Crippen LogP contribution in [-0.2, 0) is 4.79 Å². The summed E-state index contributed by atoms with van der Waals surface area (Å²) in [4.78, 5) is 28.2. The summed E-state index contributed by atoms with van der Waals surface area (Å²) in [7, 11) is 1.61. The Morgan fingerprint density at radius 2 is 2.03 bits per heavy atom. The molecule has 0 unspecified atom stereocenters. The van der Waals surface area contributed by atoms with Crippen LogP contribution in [0.1, 0.15) is 55.8 Å². The van der Waals surface area contributed by atoms with Gasteiger partial charge in [-0.3, -0.25) is 9.59 Å². The highest BCUT2D eigenvalue weighted by atomic mass is 16.5. The van der Waals surface area contributed by atoms with Gasteiger partial charge in [0.15, 0.2) is 5.72 Å². The largest absolute Gasteiger partial charge is 0.497 e. The summed E-state index contributed by atoms with van der Waals surface area (Å²) in [6.07, 6.45) is 5.75. The van der Waals surface area contributed by atoms with E-state index in [4.69, 9.17) is 9.47 Å². The topological polar surface area (TPSA) is 67.9 Å². The molecule has 4 fully saturated rings. The van der Waals surface area contributed by atoms with E-state index in [0.29, 0.717) is 35.3 Å². The van der Waals surface area contributed by atoms with Gasteiger partial charge in [0.2, 0.25) is 5.91 Å². The minimum atomic E-state index is -0.688. The molecule has 2 bridgehead atoms. The third kappa shape index (κ3) is 3.08. The molecule has 6 rings (SSSR count). The highest BCUT2D eigenvalue weighted by Gasteiger charge is 2.57. The lowest BCUT2D eigenvalue weighted by Gasteiger charge is -2.55. The van der Waals surface area contributed by atoms with Crippen LogP contribution in [0.3, 0.4) is 0 Å². The number of nitrogens with zero attached hydrogens (tertiary/aromatic N) is 1. The molecular formula is C23H30N2O4. The van der Waals surface area contributed by atoms with Crippen molar-refractivity contribution in [1.82, 2.24) is 10.2 Å². The number of ether oxygens (including phenoxy) is 2. The van der Waals surface area contributed by atoms with Crippen LogP contribution < -0.4 is 14.8 Å². The Morgan fingerprint density at radius 3 is 2.72 bits per heavy atom. The first-order valence-electron chi connectivity index (χ1n) is 11.0. The Hall–Kier alpha value is -2.24. The number of benzene rings is 1. The minimum Gasteiger partial charge on any atom is -0.497 e. The molecule has 0 radical (unpaired) electrons. The van der Waals surface area contributed by atoms with E-state index < -0.39 is 5.72 Å². The molecule has 1 spiro atoms. The van der Waals surface area contributed by atoms with E-state index in [-0.39, 0.29) is 23.7 Å². The molecule has 0 aromatic heterocycles. The molecule has 6 heteroatoms. The third-order valence-electron chi connectivity index (χ3n) is 7.68. The van der Waals surface area contributed by atoms with Crippen molar-refractivity contribution in [2.75, 3.05) is 20.2 Å². The number of rotatable bonds is 2. The number of amides is 2. The number of carbonyl (C=O) groups excluding carboxylic acids is 2. The number of hydrogen-bond donors (Lipinski definition) is 1. The Morgan fingerprint density at radius 1 is 1.24 bits per heavy atom. The van der Waals surface area contributed by atoms with E-state index in [1.54, 1.807) is 25.3 Å². The van der Waals surface area contributed by atoms with Gasteiger partial charge in [-0.25, -0.2) is 0 Å². The average Bonchev–Trinajstić information content (AvgIpc) is 2.73. The predicted molar refractivity (Wildman–Crippen MR) is 108 cm³/mol. The van der Waals surface area contributed by atoms with Crippen molar-refractivity contribution in [3.8, 4) is 11.5 Å². The van der Waals surface area contributed by atoms with Crippen molar-refractivity contribution in [3.05, 3.63) is 23.8 Å². The molecule has 2 heterocycles. The fraction of sp³-hybridized carbons (Fsp3) is 0.652. The quantitative estimate of drug-likeness (QED) is 0.831. The smallest absolute Gasteiger partial charge is 0.258 e. The van der Waals surface area contributed by atoms with Crippen molar-refractivity contribution in [2.45, 2.75) is 51.2 Å². The first-order chi connectivity index (χ1) is 14.0. The number of hydrogen-bond acceptors (Lipinski definition) is 4. The number of nitrogens with one attached hydrogen (secondary N) is 1. The second-order valence-electron chi connectivity index (χ2n) is 9.40. The first kappa shape index (κ1) is 18.8. The van der Waals surface area contributed by atoms with Gasteiger partial charge in [-0.1, -0.05) is 6.92 Å². The zero-order valence-electron chi connectivity index (χ0n) is 17.3. The van der Waals surface area contributed by atoms with Gasteiger partial charge in [-0.05, 0) is 56.1 Å². The van der Waals surface area contributed by atoms with Crippen LogP contribution in [0.25, 0.3) is 0 Å². The molecule has 3 saturated carbocycles. The maximum Gasteiger partial charge on any atom is 0.258 e. The maximum absolute atomic E-state index is 13.2. The molecule has 1 N–H and O–H groups in total. The summed E-state index contributed by atoms with van der Waals surface area (Å²) in [6, 6.07) is 5.33. The minimum absolute atomic E-state index is 0.0694. The molecule has 2 amide bonds. The van der Waals surface area contributed by atoms with Gasteiger partial charge < -0.3 is 19.7 Å². The van der Waals surface area contributed by atoms with Crippen molar-refractivity contribution >= 4 is 11.8 Å². The Kier molecular flexibility index (Phi) is 4.48. The summed E-state index contributed by atoms with van der Waals surface area (Å²) in [5.74, 6) is 2.72. The van der Waals surface area contributed by atoms with E-state index in [2.05, 4.69) is 17.1 Å². The Labute approximate surface area is 171 Å². The van der Waals surface area contributed by atoms with Crippen molar-refractivity contribution < 1.29 is 19.1 Å². The molecule has 4 atom stereocenters. The van der Waals surface area contributed by atoms with Crippen LogP contribution in [0.15, 0.2) is 18.2 Å². The van der Waals surface area contributed by atoms with Gasteiger partial charge in [0.1, 0.15) is 11.5 Å². The van der Waals surface area contributed by atoms with Crippen LogP contribution in [-0.4, -0.2) is 42.6 Å². The van der Waals surface area contributed by atoms with Crippen LogP contribution >= 0.6 is 0 Å². The lowest BCUT2D eigenvalue weighted by atomic mass is 9.59. The molecule has 6 nitrogen and oxygen atoms in total. The summed E-state index contributed by atoms with van der Waals surface area (Å²) >= 11 is 0. The summed E-state index contributed by atoms with van der Waals surface area (Å²) in [6.45, 7) is 4.04. The molecule has 1 saturated heterocycles. The predicted octanol–water partition coefficient (Wildman–Crippen LogP) is 3.21. The van der Waals surface area contributed by atoms with Crippen LogP contribution in [0.2, 0.25) is 0 Å². The Balaban J connectivity index is 1.36. The van der Waals surface area contributed by atoms with Crippen LogP contribution in [0.5, 0.6) is 11.5 Å². The molecule has 1 aromatic carbocycles. The monoisotopic (exact) mass is 398 g/mol. The van der Waals surface area contributed by atoms with E-state index in [1.165, 1.54) is 0 Å². The molecule has 1 aromatic rings. The van der Waals surface area contributed by atoms with E-state index >= 15 is 0 Å². The standard InChI is InChI=1S/C23H30N2O4/c1-14-7-9-25(10-8-14)22(27)19-11-16-4-3-15(19)13-23(16)24-21(26)18-6-5-17(28-2)12-20(18)29-23/h5-6,12,14-16,19H,3-4,7-11,13H2,1-2H3,(H,24,26)/t15-,16+,19+,23-/m1/s1. The van der Waals surface area contributed by atoms with Crippen LogP contribution in [0, 0.1) is 23.7 Å².